The summed E-state index contributed by atoms with van der Waals surface area (Å²) in [4.78, 5) is 16.4. The summed E-state index contributed by atoms with van der Waals surface area (Å²) in [6.45, 7) is 8.90. The molecule has 0 spiro atoms. The Kier molecular flexibility index (Phi) is 5.90. The van der Waals surface area contributed by atoms with E-state index in [1.165, 1.54) is 0 Å². The van der Waals surface area contributed by atoms with Gasteiger partial charge in [-0.3, -0.25) is 5.32 Å². The molecule has 136 valence electrons. The van der Waals surface area contributed by atoms with Crippen LogP contribution in [0.4, 0.5) is 16.2 Å². The Bertz CT molecular complexity index is 719. The van der Waals surface area contributed by atoms with Crippen LogP contribution in [0.15, 0.2) is 30.6 Å². The van der Waals surface area contributed by atoms with Gasteiger partial charge in [0.2, 0.25) is 0 Å². The van der Waals surface area contributed by atoms with Gasteiger partial charge in [-0.25, -0.2) is 9.78 Å². The van der Waals surface area contributed by atoms with E-state index in [0.717, 1.165) is 18.1 Å². The smallest absolute Gasteiger partial charge is 0.412 e. The molecule has 0 fully saturated rings. The second kappa shape index (κ2) is 7.92. The Morgan fingerprint density at radius 1 is 1.28 bits per heavy atom. The molecule has 2 rings (SSSR count). The van der Waals surface area contributed by atoms with Crippen molar-refractivity contribution in [3.8, 4) is 5.75 Å². The SMILES string of the molecule is CCn1ccnc1CNc1cc(OC)ccc1NC(=O)OC(C)(C)C. The monoisotopic (exact) mass is 346 g/mol. The summed E-state index contributed by atoms with van der Waals surface area (Å²) in [5.74, 6) is 1.60. The van der Waals surface area contributed by atoms with E-state index in [9.17, 15) is 4.79 Å². The molecule has 0 saturated heterocycles. The lowest BCUT2D eigenvalue weighted by Gasteiger charge is -2.21. The molecule has 0 aliphatic heterocycles. The van der Waals surface area contributed by atoms with E-state index in [0.29, 0.717) is 18.0 Å². The molecule has 25 heavy (non-hydrogen) atoms. The molecule has 1 heterocycles. The molecule has 2 aromatic rings. The number of imidazole rings is 1. The van der Waals surface area contributed by atoms with Crippen LogP contribution in [0.5, 0.6) is 5.75 Å². The summed E-state index contributed by atoms with van der Waals surface area (Å²) in [5.41, 5.74) is 0.788. The minimum Gasteiger partial charge on any atom is -0.497 e. The molecule has 0 aliphatic rings. The molecule has 0 aliphatic carbocycles. The molecule has 0 bridgehead atoms. The number of ether oxygens (including phenoxy) is 2. The van der Waals surface area contributed by atoms with Gasteiger partial charge in [0, 0.05) is 25.0 Å². The molecule has 2 N–H and O–H groups in total. The number of hydrogen-bond donors (Lipinski definition) is 2. The van der Waals surface area contributed by atoms with E-state index in [1.54, 1.807) is 25.4 Å². The van der Waals surface area contributed by atoms with Gasteiger partial charge >= 0.3 is 6.09 Å². The van der Waals surface area contributed by atoms with Gasteiger partial charge in [0.1, 0.15) is 17.2 Å². The van der Waals surface area contributed by atoms with Crippen LogP contribution < -0.4 is 15.4 Å². The highest BCUT2D eigenvalue weighted by Crippen LogP contribution is 2.28. The largest absolute Gasteiger partial charge is 0.497 e. The first-order valence-corrected chi connectivity index (χ1v) is 8.24. The maximum Gasteiger partial charge on any atom is 0.412 e. The lowest BCUT2D eigenvalue weighted by molar-refractivity contribution is 0.0636. The average molecular weight is 346 g/mol. The Balaban J connectivity index is 2.15. The number of anilines is 2. The van der Waals surface area contributed by atoms with Crippen molar-refractivity contribution < 1.29 is 14.3 Å². The maximum absolute atomic E-state index is 12.1. The molecule has 0 saturated carbocycles. The van der Waals surface area contributed by atoms with Gasteiger partial charge < -0.3 is 19.4 Å². The number of aryl methyl sites for hydroxylation is 1. The first kappa shape index (κ1) is 18.6. The number of benzene rings is 1. The van der Waals surface area contributed by atoms with E-state index in [2.05, 4.69) is 22.5 Å². The van der Waals surface area contributed by atoms with Crippen LogP contribution in [-0.4, -0.2) is 28.4 Å². The zero-order chi connectivity index (χ0) is 18.4. The van der Waals surface area contributed by atoms with Crippen molar-refractivity contribution in [2.75, 3.05) is 17.7 Å². The molecule has 0 unspecified atom stereocenters. The van der Waals surface area contributed by atoms with Gasteiger partial charge in [0.05, 0.1) is 25.0 Å². The fraction of sp³-hybridized carbons (Fsp3) is 0.444. The zero-order valence-electron chi connectivity index (χ0n) is 15.4. The van der Waals surface area contributed by atoms with Crippen molar-refractivity contribution in [3.63, 3.8) is 0 Å². The molecule has 7 nitrogen and oxygen atoms in total. The number of methoxy groups -OCH3 is 1. The van der Waals surface area contributed by atoms with Gasteiger partial charge in [0.25, 0.3) is 0 Å². The van der Waals surface area contributed by atoms with Crippen molar-refractivity contribution >= 4 is 17.5 Å². The number of aromatic nitrogens is 2. The summed E-state index contributed by atoms with van der Waals surface area (Å²) in [7, 11) is 1.60. The quantitative estimate of drug-likeness (QED) is 0.830. The van der Waals surface area contributed by atoms with Gasteiger partial charge in [-0.15, -0.1) is 0 Å². The number of carbonyl (C=O) groups is 1. The number of nitrogens with one attached hydrogen (secondary N) is 2. The van der Waals surface area contributed by atoms with E-state index in [1.807, 2.05) is 37.6 Å². The molecular weight excluding hydrogens is 320 g/mol. The minimum absolute atomic E-state index is 0.504. The molecule has 7 heteroatoms. The second-order valence-corrected chi connectivity index (χ2v) is 6.52. The molecule has 1 aromatic carbocycles. The molecule has 0 atom stereocenters. The van der Waals surface area contributed by atoms with Crippen LogP contribution in [0.25, 0.3) is 0 Å². The molecule has 1 amide bonds. The van der Waals surface area contributed by atoms with Crippen molar-refractivity contribution in [1.82, 2.24) is 9.55 Å². The van der Waals surface area contributed by atoms with Crippen molar-refractivity contribution in [2.45, 2.75) is 46.4 Å². The highest BCUT2D eigenvalue weighted by molar-refractivity contribution is 5.90. The van der Waals surface area contributed by atoms with E-state index >= 15 is 0 Å². The summed E-state index contributed by atoms with van der Waals surface area (Å²) >= 11 is 0. The fourth-order valence-electron chi connectivity index (χ4n) is 2.29. The summed E-state index contributed by atoms with van der Waals surface area (Å²) in [6, 6.07) is 5.38. The van der Waals surface area contributed by atoms with Gasteiger partial charge in [-0.05, 0) is 39.8 Å². The molecule has 0 radical (unpaired) electrons. The fourth-order valence-corrected chi connectivity index (χ4v) is 2.29. The number of hydrogen-bond acceptors (Lipinski definition) is 5. The average Bonchev–Trinajstić information content (AvgIpc) is 2.99. The van der Waals surface area contributed by atoms with Gasteiger partial charge in [-0.1, -0.05) is 0 Å². The maximum atomic E-state index is 12.1. The van der Waals surface area contributed by atoms with Crippen molar-refractivity contribution in [3.05, 3.63) is 36.4 Å². The Hall–Kier alpha value is -2.70. The predicted molar refractivity (Wildman–Crippen MR) is 98.1 cm³/mol. The van der Waals surface area contributed by atoms with Crippen LogP contribution in [0.3, 0.4) is 0 Å². The Labute approximate surface area is 148 Å². The van der Waals surface area contributed by atoms with Crippen molar-refractivity contribution in [1.29, 1.82) is 0 Å². The Morgan fingerprint density at radius 3 is 2.68 bits per heavy atom. The standard InChI is InChI=1S/C18H26N4O3/c1-6-22-10-9-19-16(22)12-20-15-11-13(24-5)7-8-14(15)21-17(23)25-18(2,3)4/h7-11,20H,6,12H2,1-5H3,(H,21,23). The lowest BCUT2D eigenvalue weighted by atomic mass is 10.2. The van der Waals surface area contributed by atoms with Crippen LogP contribution >= 0.6 is 0 Å². The van der Waals surface area contributed by atoms with Crippen LogP contribution in [0.2, 0.25) is 0 Å². The lowest BCUT2D eigenvalue weighted by Crippen LogP contribution is -2.27. The van der Waals surface area contributed by atoms with Crippen LogP contribution in [0.1, 0.15) is 33.5 Å². The van der Waals surface area contributed by atoms with Crippen LogP contribution in [-0.2, 0) is 17.8 Å². The van der Waals surface area contributed by atoms with E-state index < -0.39 is 11.7 Å². The zero-order valence-corrected chi connectivity index (χ0v) is 15.4. The number of rotatable bonds is 6. The molecular formula is C18H26N4O3. The molecule has 1 aromatic heterocycles. The van der Waals surface area contributed by atoms with Gasteiger partial charge in [0.15, 0.2) is 0 Å². The topological polar surface area (TPSA) is 77.4 Å². The summed E-state index contributed by atoms with van der Waals surface area (Å²) < 4.78 is 12.6. The normalized spacial score (nSPS) is 11.1. The number of carbonyl (C=O) groups excluding carboxylic acids is 1. The minimum atomic E-state index is -0.560. The van der Waals surface area contributed by atoms with Crippen LogP contribution in [0, 0.1) is 0 Å². The Morgan fingerprint density at radius 2 is 2.04 bits per heavy atom. The first-order valence-electron chi connectivity index (χ1n) is 8.24. The third kappa shape index (κ3) is 5.41. The highest BCUT2D eigenvalue weighted by Gasteiger charge is 2.17. The second-order valence-electron chi connectivity index (χ2n) is 6.52. The highest BCUT2D eigenvalue weighted by atomic mass is 16.6. The summed E-state index contributed by atoms with van der Waals surface area (Å²) in [5, 5.41) is 6.07. The third-order valence-electron chi connectivity index (χ3n) is 3.44. The predicted octanol–water partition coefficient (Wildman–Crippen LogP) is 3.87. The van der Waals surface area contributed by atoms with E-state index in [4.69, 9.17) is 9.47 Å². The third-order valence-corrected chi connectivity index (χ3v) is 3.44. The van der Waals surface area contributed by atoms with Gasteiger partial charge in [-0.2, -0.15) is 0 Å². The number of amides is 1. The first-order chi connectivity index (χ1) is 11.8. The van der Waals surface area contributed by atoms with E-state index in [-0.39, 0.29) is 0 Å². The van der Waals surface area contributed by atoms with Crippen molar-refractivity contribution in [2.24, 2.45) is 0 Å². The number of nitrogens with zero attached hydrogens (tertiary/aromatic N) is 2. The summed E-state index contributed by atoms with van der Waals surface area (Å²) in [6.07, 6.45) is 3.20.